The molecule has 2 heterocycles. The molecule has 0 unspecified atom stereocenters. The van der Waals surface area contributed by atoms with Crippen LogP contribution in [-0.4, -0.2) is 16.5 Å². The lowest BCUT2D eigenvalue weighted by atomic mass is 10.0. The summed E-state index contributed by atoms with van der Waals surface area (Å²) in [5.41, 5.74) is 2.89. The van der Waals surface area contributed by atoms with Crippen molar-refractivity contribution >= 4 is 15.9 Å². The number of nitrogens with zero attached hydrogens (tertiary/aromatic N) is 1. The van der Waals surface area contributed by atoms with E-state index in [2.05, 4.69) is 55.5 Å². The van der Waals surface area contributed by atoms with Crippen LogP contribution in [0, 0.1) is 5.41 Å². The molecule has 4 rings (SSSR count). The zero-order valence-electron chi connectivity index (χ0n) is 10.6. The van der Waals surface area contributed by atoms with Crippen molar-refractivity contribution in [1.82, 2.24) is 15.3 Å². The van der Waals surface area contributed by atoms with E-state index in [9.17, 15) is 0 Å². The molecule has 1 aliphatic carbocycles. The second kappa shape index (κ2) is 4.18. The van der Waals surface area contributed by atoms with Crippen LogP contribution in [0.3, 0.4) is 0 Å². The van der Waals surface area contributed by atoms with E-state index in [0.29, 0.717) is 11.5 Å². The number of nitrogens with one attached hydrogen (secondary N) is 2. The molecule has 1 aromatic carbocycles. The van der Waals surface area contributed by atoms with Crippen LogP contribution in [0.1, 0.15) is 31.1 Å². The van der Waals surface area contributed by atoms with E-state index in [1.807, 2.05) is 6.20 Å². The topological polar surface area (TPSA) is 40.7 Å². The van der Waals surface area contributed by atoms with Crippen molar-refractivity contribution in [2.24, 2.45) is 5.41 Å². The molecular weight excluding hydrogens is 302 g/mol. The smallest absolute Gasteiger partial charge is 0.123 e. The Labute approximate surface area is 121 Å². The summed E-state index contributed by atoms with van der Waals surface area (Å²) >= 11 is 3.46. The Bertz CT molecular complexity index is 598. The minimum absolute atomic E-state index is 0.409. The predicted octanol–water partition coefficient (Wildman–Crippen LogP) is 3.65. The summed E-state index contributed by atoms with van der Waals surface area (Å²) in [5.74, 6) is 1.08. The molecule has 0 amide bonds. The molecule has 1 spiro atoms. The van der Waals surface area contributed by atoms with Gasteiger partial charge in [-0.2, -0.15) is 0 Å². The largest absolute Gasteiger partial charge is 0.341 e. The highest BCUT2D eigenvalue weighted by molar-refractivity contribution is 9.10. The number of benzene rings is 1. The van der Waals surface area contributed by atoms with Gasteiger partial charge in [-0.25, -0.2) is 4.98 Å². The van der Waals surface area contributed by atoms with Crippen molar-refractivity contribution in [2.45, 2.75) is 25.3 Å². The van der Waals surface area contributed by atoms with Gasteiger partial charge in [-0.05, 0) is 42.4 Å². The molecule has 2 N–H and O–H groups in total. The zero-order chi connectivity index (χ0) is 12.9. The van der Waals surface area contributed by atoms with Gasteiger partial charge in [0, 0.05) is 11.0 Å². The van der Waals surface area contributed by atoms with E-state index >= 15 is 0 Å². The average molecular weight is 318 g/mol. The van der Waals surface area contributed by atoms with Gasteiger partial charge in [0.25, 0.3) is 0 Å². The molecule has 1 atom stereocenters. The lowest BCUT2D eigenvalue weighted by Crippen LogP contribution is -2.15. The molecule has 1 aliphatic heterocycles. The van der Waals surface area contributed by atoms with Crippen LogP contribution in [0.25, 0.3) is 11.3 Å². The molecular formula is C15H16BrN3. The van der Waals surface area contributed by atoms with E-state index in [1.54, 1.807) is 0 Å². The summed E-state index contributed by atoms with van der Waals surface area (Å²) in [6.45, 7) is 1.16. The molecule has 2 fully saturated rings. The van der Waals surface area contributed by atoms with Gasteiger partial charge < -0.3 is 10.3 Å². The van der Waals surface area contributed by atoms with Crippen LogP contribution in [0.4, 0.5) is 0 Å². The summed E-state index contributed by atoms with van der Waals surface area (Å²) in [6.07, 6.45) is 5.95. The van der Waals surface area contributed by atoms with E-state index in [-0.39, 0.29) is 0 Å². The number of aromatic nitrogens is 2. The maximum absolute atomic E-state index is 4.56. The predicted molar refractivity (Wildman–Crippen MR) is 78.8 cm³/mol. The molecule has 0 radical (unpaired) electrons. The highest BCUT2D eigenvalue weighted by Crippen LogP contribution is 2.54. The number of aromatic amines is 1. The van der Waals surface area contributed by atoms with Crippen molar-refractivity contribution in [3.05, 3.63) is 40.8 Å². The van der Waals surface area contributed by atoms with E-state index in [4.69, 9.17) is 0 Å². The number of imidazole rings is 1. The zero-order valence-corrected chi connectivity index (χ0v) is 12.2. The monoisotopic (exact) mass is 317 g/mol. The van der Waals surface area contributed by atoms with Crippen LogP contribution in [0.15, 0.2) is 34.9 Å². The summed E-state index contributed by atoms with van der Waals surface area (Å²) in [5, 5.41) is 3.60. The van der Waals surface area contributed by atoms with Gasteiger partial charge in [-0.3, -0.25) is 0 Å². The molecule has 98 valence electrons. The van der Waals surface area contributed by atoms with Crippen molar-refractivity contribution in [2.75, 3.05) is 6.54 Å². The standard InChI is InChI=1S/C15H16BrN3/c16-11-3-1-10(2-4-11)13-8-17-14(19-13)12-7-15(5-6-15)9-18-12/h1-4,8,12,18H,5-7,9H2,(H,17,19)/t12-/m0/s1. The third-order valence-corrected chi connectivity index (χ3v) is 4.93. The average Bonchev–Trinajstić information content (AvgIpc) is 2.85. The minimum atomic E-state index is 0.409. The second-order valence-electron chi connectivity index (χ2n) is 5.83. The van der Waals surface area contributed by atoms with E-state index in [1.165, 1.54) is 24.8 Å². The molecule has 2 aliphatic rings. The highest BCUT2D eigenvalue weighted by Gasteiger charge is 2.49. The fraction of sp³-hybridized carbons (Fsp3) is 0.400. The third kappa shape index (κ3) is 2.13. The van der Waals surface area contributed by atoms with Crippen molar-refractivity contribution in [1.29, 1.82) is 0 Å². The van der Waals surface area contributed by atoms with E-state index in [0.717, 1.165) is 22.5 Å². The summed E-state index contributed by atoms with van der Waals surface area (Å²) in [4.78, 5) is 8.03. The van der Waals surface area contributed by atoms with Crippen LogP contribution < -0.4 is 5.32 Å². The number of H-pyrrole nitrogens is 1. The lowest BCUT2D eigenvalue weighted by Gasteiger charge is -2.06. The van der Waals surface area contributed by atoms with Crippen molar-refractivity contribution in [3.63, 3.8) is 0 Å². The molecule has 1 saturated heterocycles. The van der Waals surface area contributed by atoms with Gasteiger partial charge in [0.1, 0.15) is 5.82 Å². The fourth-order valence-corrected chi connectivity index (χ4v) is 3.22. The normalized spacial score (nSPS) is 23.9. The van der Waals surface area contributed by atoms with Crippen molar-refractivity contribution < 1.29 is 0 Å². The van der Waals surface area contributed by atoms with Gasteiger partial charge in [-0.15, -0.1) is 0 Å². The Balaban J connectivity index is 1.57. The molecule has 2 aromatic rings. The highest BCUT2D eigenvalue weighted by atomic mass is 79.9. The molecule has 19 heavy (non-hydrogen) atoms. The lowest BCUT2D eigenvalue weighted by molar-refractivity contribution is 0.543. The summed E-state index contributed by atoms with van der Waals surface area (Å²) < 4.78 is 1.10. The van der Waals surface area contributed by atoms with Gasteiger partial charge in [0.15, 0.2) is 0 Å². The summed E-state index contributed by atoms with van der Waals surface area (Å²) in [7, 11) is 0. The quantitative estimate of drug-likeness (QED) is 0.887. The Hall–Kier alpha value is -1.13. The van der Waals surface area contributed by atoms with Gasteiger partial charge in [-0.1, -0.05) is 28.1 Å². The van der Waals surface area contributed by atoms with Gasteiger partial charge >= 0.3 is 0 Å². The first-order valence-electron chi connectivity index (χ1n) is 6.78. The maximum atomic E-state index is 4.56. The summed E-state index contributed by atoms with van der Waals surface area (Å²) in [6, 6.07) is 8.73. The maximum Gasteiger partial charge on any atom is 0.123 e. The molecule has 1 aromatic heterocycles. The van der Waals surface area contributed by atoms with Crippen LogP contribution >= 0.6 is 15.9 Å². The Morgan fingerprint density at radius 3 is 2.68 bits per heavy atom. The van der Waals surface area contributed by atoms with Crippen LogP contribution in [0.5, 0.6) is 0 Å². The SMILES string of the molecule is Brc1ccc(-c2cnc([C@@H]3CC4(CC4)CN3)[nH]2)cc1. The first kappa shape index (κ1) is 11.7. The second-order valence-corrected chi connectivity index (χ2v) is 6.74. The molecule has 0 bridgehead atoms. The third-order valence-electron chi connectivity index (χ3n) is 4.40. The number of hydrogen-bond donors (Lipinski definition) is 2. The fourth-order valence-electron chi connectivity index (χ4n) is 2.96. The number of halogens is 1. The molecule has 3 nitrogen and oxygen atoms in total. The van der Waals surface area contributed by atoms with Crippen molar-refractivity contribution in [3.8, 4) is 11.3 Å². The molecule has 4 heteroatoms. The Kier molecular flexibility index (Phi) is 2.57. The number of rotatable bonds is 2. The van der Waals surface area contributed by atoms with E-state index < -0.39 is 0 Å². The minimum Gasteiger partial charge on any atom is -0.341 e. The number of hydrogen-bond acceptors (Lipinski definition) is 2. The molecule has 1 saturated carbocycles. The first-order valence-corrected chi connectivity index (χ1v) is 7.58. The Morgan fingerprint density at radius 2 is 2.00 bits per heavy atom. The van der Waals surface area contributed by atoms with Crippen LogP contribution in [0.2, 0.25) is 0 Å². The van der Waals surface area contributed by atoms with Gasteiger partial charge in [0.2, 0.25) is 0 Å². The van der Waals surface area contributed by atoms with Crippen LogP contribution in [-0.2, 0) is 0 Å². The first-order chi connectivity index (χ1) is 9.24. The van der Waals surface area contributed by atoms with Gasteiger partial charge in [0.05, 0.1) is 17.9 Å². The Morgan fingerprint density at radius 1 is 1.21 bits per heavy atom.